The molecule has 0 saturated carbocycles. The minimum Gasteiger partial charge on any atom is -1.00 e. The molecule has 0 fully saturated rings. The number of rotatable bonds is 4. The first-order chi connectivity index (χ1) is 12.4. The Balaban J connectivity index is -0.000000231. The van der Waals surface area contributed by atoms with Gasteiger partial charge in [-0.15, -0.1) is 0 Å². The fourth-order valence-electron chi connectivity index (χ4n) is 2.07. The van der Waals surface area contributed by atoms with E-state index in [1.54, 1.807) is 0 Å². The van der Waals surface area contributed by atoms with Gasteiger partial charge in [0.05, 0.1) is 0 Å². The predicted molar refractivity (Wildman–Crippen MR) is 156 cm³/mol. The van der Waals surface area contributed by atoms with Crippen molar-refractivity contribution >= 4 is 32.9 Å². The zero-order chi connectivity index (χ0) is 25.4. The normalized spacial score (nSPS) is 14.6. The van der Waals surface area contributed by atoms with Gasteiger partial charge in [0.25, 0.3) is 0 Å². The summed E-state index contributed by atoms with van der Waals surface area (Å²) in [5.41, 5.74) is 0. The Morgan fingerprint density at radius 1 is 0.344 bits per heavy atom. The molecule has 0 N–H and O–H groups in total. The molecule has 0 aromatic heterocycles. The molecule has 0 rings (SSSR count). The van der Waals surface area contributed by atoms with Crippen LogP contribution in [0.2, 0.25) is 72.5 Å². The van der Waals surface area contributed by atoms with Crippen molar-refractivity contribution in [2.45, 2.75) is 156 Å². The summed E-state index contributed by atoms with van der Waals surface area (Å²) in [7, 11) is -5.85. The maximum absolute atomic E-state index is 5.36. The maximum Gasteiger partial charge on any atom is 3.00 e. The molecule has 1 radical (unpaired) electrons. The quantitative estimate of drug-likeness (QED) is 0.274. The van der Waals surface area contributed by atoms with Crippen molar-refractivity contribution in [2.24, 2.45) is 0 Å². The van der Waals surface area contributed by atoms with Gasteiger partial charge in [0.1, 0.15) is 0 Å². The van der Waals surface area contributed by atoms with E-state index in [2.05, 4.69) is 135 Å². The summed E-state index contributed by atoms with van der Waals surface area (Å²) in [5, 5.41) is 1.51. The molecule has 0 aromatic carbocycles. The first-order valence-electron chi connectivity index (χ1n) is 11.9. The smallest absolute Gasteiger partial charge is 1.00 e. The molecule has 0 amide bonds. The fraction of sp³-hybridized carbons (Fsp3) is 1.00. The van der Waals surface area contributed by atoms with Crippen LogP contribution >= 0.6 is 0 Å². The van der Waals surface area contributed by atoms with E-state index in [1.807, 2.05) is 0 Å². The molecular formula is C24H60ClN2NdSi4. The molecule has 0 heterocycles. The minimum absolute atomic E-state index is 0. The maximum atomic E-state index is 5.36. The molecule has 8 heteroatoms. The third kappa shape index (κ3) is 12.6. The van der Waals surface area contributed by atoms with Gasteiger partial charge >= 0.3 is 40.8 Å². The van der Waals surface area contributed by atoms with Crippen LogP contribution in [0, 0.1) is 40.8 Å². The van der Waals surface area contributed by atoms with Crippen LogP contribution in [0.25, 0.3) is 9.30 Å². The minimum atomic E-state index is -1.46. The van der Waals surface area contributed by atoms with Crippen molar-refractivity contribution in [1.82, 2.24) is 0 Å². The largest absolute Gasteiger partial charge is 3.00 e. The molecule has 0 unspecified atom stereocenters. The van der Waals surface area contributed by atoms with E-state index in [1.165, 1.54) is 0 Å². The molecule has 0 atom stereocenters. The molecule has 0 bridgehead atoms. The molecule has 193 valence electrons. The Morgan fingerprint density at radius 2 is 0.438 bits per heavy atom. The molecule has 2 nitrogen and oxygen atoms in total. The van der Waals surface area contributed by atoms with Gasteiger partial charge in [-0.1, -0.05) is 189 Å². The van der Waals surface area contributed by atoms with Crippen molar-refractivity contribution < 1.29 is 53.2 Å². The van der Waals surface area contributed by atoms with E-state index < -0.39 is 32.9 Å². The third-order valence-corrected chi connectivity index (χ3v) is 32.1. The van der Waals surface area contributed by atoms with Gasteiger partial charge in [0, 0.05) is 0 Å². The van der Waals surface area contributed by atoms with E-state index in [0.29, 0.717) is 20.2 Å². The van der Waals surface area contributed by atoms with Crippen LogP contribution in [0.5, 0.6) is 0 Å². The second-order valence-electron chi connectivity index (χ2n) is 15.5. The first kappa shape index (κ1) is 41.6. The van der Waals surface area contributed by atoms with Crippen molar-refractivity contribution in [3.05, 3.63) is 9.30 Å². The second kappa shape index (κ2) is 12.8. The summed E-state index contributed by atoms with van der Waals surface area (Å²) in [6.45, 7) is 47.4. The summed E-state index contributed by atoms with van der Waals surface area (Å²) < 4.78 is 10.7. The van der Waals surface area contributed by atoms with Crippen LogP contribution in [-0.2, 0) is 0 Å². The van der Waals surface area contributed by atoms with Crippen LogP contribution in [0.3, 0.4) is 0 Å². The Morgan fingerprint density at radius 3 is 0.500 bits per heavy atom. The number of halogens is 1. The van der Waals surface area contributed by atoms with Gasteiger partial charge in [-0.25, -0.2) is 0 Å². The molecule has 0 spiro atoms. The van der Waals surface area contributed by atoms with E-state index in [9.17, 15) is 0 Å². The van der Waals surface area contributed by atoms with Gasteiger partial charge in [0.15, 0.2) is 0 Å². The van der Waals surface area contributed by atoms with E-state index in [-0.39, 0.29) is 53.2 Å². The van der Waals surface area contributed by atoms with E-state index in [0.717, 1.165) is 0 Å². The van der Waals surface area contributed by atoms with Crippen LogP contribution < -0.4 is 12.4 Å². The SMILES string of the molecule is CC(C)(C)[Si](C)(C)[N-][Si](C)(C)C(C)(C)C.CC(C)(C)[Si](C)(C)[N-][Si](C)(C)C(C)(C)C.[Cl-].[Nd+3]. The Hall–Kier alpha value is 2.43. The summed E-state index contributed by atoms with van der Waals surface area (Å²) in [5.74, 6) is 0. The molecule has 0 aliphatic heterocycles. The summed E-state index contributed by atoms with van der Waals surface area (Å²) >= 11 is 0. The third-order valence-electron chi connectivity index (χ3n) is 8.46. The van der Waals surface area contributed by atoms with Gasteiger partial charge in [-0.3, -0.25) is 0 Å². The average Bonchev–Trinajstić information content (AvgIpc) is 2.30. The molecule has 32 heavy (non-hydrogen) atoms. The van der Waals surface area contributed by atoms with Gasteiger partial charge in [0.2, 0.25) is 0 Å². The number of hydrogen-bond donors (Lipinski definition) is 0. The van der Waals surface area contributed by atoms with Crippen molar-refractivity contribution in [3.8, 4) is 0 Å². The van der Waals surface area contributed by atoms with Gasteiger partial charge < -0.3 is 21.7 Å². The summed E-state index contributed by atoms with van der Waals surface area (Å²) in [4.78, 5) is 0. The van der Waals surface area contributed by atoms with Gasteiger partial charge in [-0.05, 0) is 0 Å². The molecule has 0 aliphatic carbocycles. The Labute approximate surface area is 248 Å². The zero-order valence-corrected chi connectivity index (χ0v) is 33.7. The Kier molecular flexibility index (Phi) is 16.6. The zero-order valence-electron chi connectivity index (χ0n) is 25.8. The van der Waals surface area contributed by atoms with E-state index in [4.69, 9.17) is 9.30 Å². The van der Waals surface area contributed by atoms with Crippen molar-refractivity contribution in [1.29, 1.82) is 0 Å². The average molecular weight is 669 g/mol. The van der Waals surface area contributed by atoms with Crippen molar-refractivity contribution in [3.63, 3.8) is 0 Å². The molecule has 0 aromatic rings. The number of nitrogens with zero attached hydrogens (tertiary/aromatic N) is 2. The first-order valence-corrected chi connectivity index (χ1v) is 23.7. The van der Waals surface area contributed by atoms with Crippen molar-refractivity contribution in [2.75, 3.05) is 0 Å². The van der Waals surface area contributed by atoms with Crippen LogP contribution in [-0.4, -0.2) is 32.9 Å². The topological polar surface area (TPSA) is 28.2 Å². The molecular weight excluding hydrogens is 608 g/mol. The standard InChI is InChI=1S/2C12H30NSi2.ClH.Nd/c2*1-11(2,3)14(7,8)13-15(9,10)12(4,5)6;;/h2*1-10H3;1H;/q2*-1;;+3/p-1. The molecule has 0 saturated heterocycles. The van der Waals surface area contributed by atoms with Crippen LogP contribution in [0.4, 0.5) is 0 Å². The fourth-order valence-corrected chi connectivity index (χ4v) is 18.6. The predicted octanol–water partition coefficient (Wildman–Crippen LogP) is 7.75. The van der Waals surface area contributed by atoms with Crippen LogP contribution in [0.1, 0.15) is 83.1 Å². The summed E-state index contributed by atoms with van der Waals surface area (Å²) in [6, 6.07) is 0. The van der Waals surface area contributed by atoms with Crippen LogP contribution in [0.15, 0.2) is 0 Å². The number of hydrogen-bond acceptors (Lipinski definition) is 0. The second-order valence-corrected chi connectivity index (χ2v) is 35.7. The Bertz CT molecular complexity index is 452. The summed E-state index contributed by atoms with van der Waals surface area (Å²) in [6.07, 6.45) is 0. The monoisotopic (exact) mass is 665 g/mol. The van der Waals surface area contributed by atoms with E-state index >= 15 is 0 Å². The molecule has 0 aliphatic rings. The van der Waals surface area contributed by atoms with Gasteiger partial charge in [-0.2, -0.15) is 0 Å².